The molecule has 1 heteroatoms. The first-order chi connectivity index (χ1) is 5.20. The normalized spacial score (nSPS) is 11.3. The maximum atomic E-state index is 5.21. The third-order valence-electron chi connectivity index (χ3n) is 1.17. The Kier molecular flexibility index (Phi) is 5.49. The fourth-order valence-corrected chi connectivity index (χ4v) is 0.696. The second kappa shape index (κ2) is 5.93. The van der Waals surface area contributed by atoms with Gasteiger partial charge < -0.3 is 4.74 Å². The molecule has 0 N–H and O–H groups in total. The molecule has 0 atom stereocenters. The van der Waals surface area contributed by atoms with Crippen molar-refractivity contribution in [2.24, 2.45) is 0 Å². The largest absolute Gasteiger partial charge is 0.377 e. The van der Waals surface area contributed by atoms with Gasteiger partial charge in [0.1, 0.15) is 0 Å². The molecule has 0 saturated heterocycles. The maximum Gasteiger partial charge on any atom is 0.0716 e. The highest BCUT2D eigenvalue weighted by Gasteiger charge is 1.89. The van der Waals surface area contributed by atoms with E-state index in [1.165, 1.54) is 0 Å². The molecule has 0 unspecified atom stereocenters. The predicted octanol–water partition coefficient (Wildman–Crippen LogP) is 2.71. The molecule has 0 aromatic rings. The van der Waals surface area contributed by atoms with Gasteiger partial charge in [0.25, 0.3) is 0 Å². The molecular weight excluding hydrogens is 136 g/mol. The van der Waals surface area contributed by atoms with Gasteiger partial charge in [0.2, 0.25) is 0 Å². The predicted molar refractivity (Wildman–Crippen MR) is 49.6 cm³/mol. The highest BCUT2D eigenvalue weighted by Crippen LogP contribution is 2.01. The topological polar surface area (TPSA) is 9.23 Å². The molecule has 0 aromatic carbocycles. The van der Waals surface area contributed by atoms with Crippen molar-refractivity contribution in [1.82, 2.24) is 0 Å². The van der Waals surface area contributed by atoms with E-state index in [1.54, 1.807) is 6.08 Å². The summed E-state index contributed by atoms with van der Waals surface area (Å²) in [6.45, 7) is 12.7. The minimum atomic E-state index is 0.632. The summed E-state index contributed by atoms with van der Waals surface area (Å²) in [5.41, 5.74) is 2.11. The van der Waals surface area contributed by atoms with Gasteiger partial charge in [-0.25, -0.2) is 0 Å². The first-order valence-corrected chi connectivity index (χ1v) is 3.77. The molecule has 0 fully saturated rings. The van der Waals surface area contributed by atoms with Gasteiger partial charge >= 0.3 is 0 Å². The number of rotatable bonds is 5. The Balaban J connectivity index is 3.94. The van der Waals surface area contributed by atoms with Gasteiger partial charge in [-0.05, 0) is 19.4 Å². The average molecular weight is 152 g/mol. The SMILES string of the molecule is C=C/C(=C\C(=C)C)COCC. The van der Waals surface area contributed by atoms with Crippen molar-refractivity contribution in [3.8, 4) is 0 Å². The molecule has 0 radical (unpaired) electrons. The van der Waals surface area contributed by atoms with E-state index in [1.807, 2.05) is 19.9 Å². The summed E-state index contributed by atoms with van der Waals surface area (Å²) >= 11 is 0. The third kappa shape index (κ3) is 5.62. The van der Waals surface area contributed by atoms with E-state index in [2.05, 4.69) is 13.2 Å². The van der Waals surface area contributed by atoms with Crippen molar-refractivity contribution in [2.75, 3.05) is 13.2 Å². The first kappa shape index (κ1) is 10.2. The van der Waals surface area contributed by atoms with E-state index in [9.17, 15) is 0 Å². The zero-order chi connectivity index (χ0) is 8.69. The molecule has 1 nitrogen and oxygen atoms in total. The second-order valence-corrected chi connectivity index (χ2v) is 2.41. The van der Waals surface area contributed by atoms with Gasteiger partial charge in [-0.2, -0.15) is 0 Å². The van der Waals surface area contributed by atoms with E-state index in [0.717, 1.165) is 17.8 Å². The average Bonchev–Trinajstić information content (AvgIpc) is 1.97. The molecule has 0 amide bonds. The minimum absolute atomic E-state index is 0.632. The summed E-state index contributed by atoms with van der Waals surface area (Å²) < 4.78 is 5.21. The second-order valence-electron chi connectivity index (χ2n) is 2.41. The Hall–Kier alpha value is -0.820. The molecule has 0 aliphatic rings. The van der Waals surface area contributed by atoms with Crippen molar-refractivity contribution in [2.45, 2.75) is 13.8 Å². The Morgan fingerprint density at radius 1 is 1.55 bits per heavy atom. The van der Waals surface area contributed by atoms with Crippen LogP contribution in [0.15, 0.2) is 36.5 Å². The van der Waals surface area contributed by atoms with Crippen LogP contribution in [0, 0.1) is 0 Å². The molecular formula is C10H16O. The lowest BCUT2D eigenvalue weighted by Crippen LogP contribution is -1.95. The molecule has 62 valence electrons. The molecule has 0 saturated carbocycles. The van der Waals surface area contributed by atoms with E-state index in [4.69, 9.17) is 4.74 Å². The number of ether oxygens (including phenoxy) is 1. The molecule has 11 heavy (non-hydrogen) atoms. The van der Waals surface area contributed by atoms with Crippen molar-refractivity contribution in [1.29, 1.82) is 0 Å². The van der Waals surface area contributed by atoms with Crippen LogP contribution in [0.4, 0.5) is 0 Å². The quantitative estimate of drug-likeness (QED) is 0.550. The van der Waals surface area contributed by atoms with Crippen LogP contribution in [0.2, 0.25) is 0 Å². The summed E-state index contributed by atoms with van der Waals surface area (Å²) in [4.78, 5) is 0. The summed E-state index contributed by atoms with van der Waals surface area (Å²) in [6.07, 6.45) is 3.77. The standard InChI is InChI=1S/C10H16O/c1-5-10(7-9(3)4)8-11-6-2/h5,7H,1,3,6,8H2,2,4H3/b10-7+. The summed E-state index contributed by atoms with van der Waals surface area (Å²) in [5.74, 6) is 0. The van der Waals surface area contributed by atoms with E-state index in [0.29, 0.717) is 6.61 Å². The van der Waals surface area contributed by atoms with Gasteiger partial charge in [-0.3, -0.25) is 0 Å². The number of hydrogen-bond donors (Lipinski definition) is 0. The zero-order valence-corrected chi connectivity index (χ0v) is 7.39. The fraction of sp³-hybridized carbons (Fsp3) is 0.400. The molecule has 0 aromatic heterocycles. The first-order valence-electron chi connectivity index (χ1n) is 3.77. The van der Waals surface area contributed by atoms with Gasteiger partial charge in [0, 0.05) is 6.61 Å². The van der Waals surface area contributed by atoms with Gasteiger partial charge in [0.15, 0.2) is 0 Å². The summed E-state index contributed by atoms with van der Waals surface area (Å²) in [5, 5.41) is 0. The lowest BCUT2D eigenvalue weighted by Gasteiger charge is -2.01. The minimum Gasteiger partial charge on any atom is -0.377 e. The van der Waals surface area contributed by atoms with Crippen molar-refractivity contribution in [3.05, 3.63) is 36.5 Å². The van der Waals surface area contributed by atoms with Crippen LogP contribution >= 0.6 is 0 Å². The van der Waals surface area contributed by atoms with Gasteiger partial charge in [-0.1, -0.05) is 30.9 Å². The monoisotopic (exact) mass is 152 g/mol. The molecule has 0 rings (SSSR count). The van der Waals surface area contributed by atoms with Crippen LogP contribution in [0.5, 0.6) is 0 Å². The van der Waals surface area contributed by atoms with Crippen LogP contribution in [0.25, 0.3) is 0 Å². The van der Waals surface area contributed by atoms with Crippen LogP contribution in [0.3, 0.4) is 0 Å². The van der Waals surface area contributed by atoms with Crippen LogP contribution in [-0.2, 0) is 4.74 Å². The van der Waals surface area contributed by atoms with Crippen LogP contribution in [-0.4, -0.2) is 13.2 Å². The number of allylic oxidation sites excluding steroid dienone is 2. The highest BCUT2D eigenvalue weighted by atomic mass is 16.5. The van der Waals surface area contributed by atoms with Crippen molar-refractivity contribution >= 4 is 0 Å². The Labute approximate surface area is 69.1 Å². The van der Waals surface area contributed by atoms with E-state index in [-0.39, 0.29) is 0 Å². The smallest absolute Gasteiger partial charge is 0.0716 e. The van der Waals surface area contributed by atoms with E-state index >= 15 is 0 Å². The molecule has 0 bridgehead atoms. The molecule has 0 heterocycles. The van der Waals surface area contributed by atoms with Crippen molar-refractivity contribution in [3.63, 3.8) is 0 Å². The third-order valence-corrected chi connectivity index (χ3v) is 1.17. The van der Waals surface area contributed by atoms with E-state index < -0.39 is 0 Å². The Morgan fingerprint density at radius 3 is 2.55 bits per heavy atom. The summed E-state index contributed by atoms with van der Waals surface area (Å²) in [6, 6.07) is 0. The fourth-order valence-electron chi connectivity index (χ4n) is 0.696. The lowest BCUT2D eigenvalue weighted by atomic mass is 10.2. The van der Waals surface area contributed by atoms with Crippen molar-refractivity contribution < 1.29 is 4.74 Å². The molecule has 0 aliphatic carbocycles. The highest BCUT2D eigenvalue weighted by molar-refractivity contribution is 5.26. The Morgan fingerprint density at radius 2 is 2.18 bits per heavy atom. The van der Waals surface area contributed by atoms with Gasteiger partial charge in [0.05, 0.1) is 6.61 Å². The maximum absolute atomic E-state index is 5.21. The van der Waals surface area contributed by atoms with Crippen LogP contribution in [0.1, 0.15) is 13.8 Å². The number of hydrogen-bond acceptors (Lipinski definition) is 1. The lowest BCUT2D eigenvalue weighted by molar-refractivity contribution is 0.173. The van der Waals surface area contributed by atoms with Crippen LogP contribution < -0.4 is 0 Å². The van der Waals surface area contributed by atoms with Gasteiger partial charge in [-0.15, -0.1) is 0 Å². The molecule has 0 aliphatic heterocycles. The Bertz CT molecular complexity index is 166. The molecule has 0 spiro atoms. The zero-order valence-electron chi connectivity index (χ0n) is 7.39. The summed E-state index contributed by atoms with van der Waals surface area (Å²) in [7, 11) is 0.